The molecule has 11 heteroatoms. The van der Waals surface area contributed by atoms with Crippen molar-refractivity contribution in [1.29, 1.82) is 0 Å². The second kappa shape index (κ2) is 5.13. The Labute approximate surface area is 120 Å². The molecule has 0 amide bonds. The first-order valence-corrected chi connectivity index (χ1v) is 6.23. The lowest BCUT2D eigenvalue weighted by Gasteiger charge is -1.99. The van der Waals surface area contributed by atoms with E-state index in [1.165, 1.54) is 0 Å². The van der Waals surface area contributed by atoms with Crippen molar-refractivity contribution in [2.45, 2.75) is 0 Å². The fraction of sp³-hybridized carbons (Fsp3) is 0. The van der Waals surface area contributed by atoms with Gasteiger partial charge in [-0.2, -0.15) is 8.75 Å². The van der Waals surface area contributed by atoms with Crippen molar-refractivity contribution in [3.63, 3.8) is 0 Å². The van der Waals surface area contributed by atoms with Gasteiger partial charge in [-0.1, -0.05) is 5.16 Å². The summed E-state index contributed by atoms with van der Waals surface area (Å²) in [5.41, 5.74) is 12.5. The van der Waals surface area contributed by atoms with Gasteiger partial charge in [0.15, 0.2) is 17.3 Å². The van der Waals surface area contributed by atoms with Gasteiger partial charge in [0, 0.05) is 0 Å². The van der Waals surface area contributed by atoms with Crippen molar-refractivity contribution in [3.05, 3.63) is 29.5 Å². The van der Waals surface area contributed by atoms with Crippen molar-refractivity contribution >= 4 is 40.4 Å². The second-order valence-electron chi connectivity index (χ2n) is 3.82. The molecule has 10 nitrogen and oxygen atoms in total. The smallest absolute Gasteiger partial charge is 0.365 e. The van der Waals surface area contributed by atoms with Gasteiger partial charge < -0.3 is 16.3 Å². The van der Waals surface area contributed by atoms with Gasteiger partial charge in [-0.25, -0.2) is 9.42 Å². The summed E-state index contributed by atoms with van der Waals surface area (Å²) >= 11 is 1.05. The van der Waals surface area contributed by atoms with E-state index in [2.05, 4.69) is 28.8 Å². The van der Waals surface area contributed by atoms with Crippen LogP contribution in [0.5, 0.6) is 0 Å². The van der Waals surface area contributed by atoms with Crippen LogP contribution in [0.25, 0.3) is 11.0 Å². The third-order valence-electron chi connectivity index (χ3n) is 2.47. The van der Waals surface area contributed by atoms with Crippen molar-refractivity contribution in [2.24, 2.45) is 10.9 Å². The first kappa shape index (κ1) is 12.9. The summed E-state index contributed by atoms with van der Waals surface area (Å²) in [6, 6.07) is 4.74. The van der Waals surface area contributed by atoms with E-state index in [1.54, 1.807) is 18.2 Å². The van der Waals surface area contributed by atoms with Crippen molar-refractivity contribution in [1.82, 2.24) is 19.1 Å². The molecule has 0 radical (unpaired) electrons. The van der Waals surface area contributed by atoms with E-state index in [9.17, 15) is 4.79 Å². The van der Waals surface area contributed by atoms with Crippen LogP contribution in [0.1, 0.15) is 16.1 Å². The predicted molar refractivity (Wildman–Crippen MR) is 72.3 cm³/mol. The molecule has 0 aliphatic carbocycles. The first-order valence-electron chi connectivity index (χ1n) is 5.50. The zero-order chi connectivity index (χ0) is 14.8. The fourth-order valence-corrected chi connectivity index (χ4v) is 1.99. The summed E-state index contributed by atoms with van der Waals surface area (Å²) in [6.07, 6.45) is 0. The lowest BCUT2D eigenvalue weighted by Crippen LogP contribution is -2.17. The van der Waals surface area contributed by atoms with Gasteiger partial charge in [0.2, 0.25) is 0 Å². The first-order chi connectivity index (χ1) is 10.1. The molecule has 0 saturated heterocycles. The molecule has 0 aliphatic heterocycles. The molecule has 0 atom stereocenters. The average Bonchev–Trinajstić information content (AvgIpc) is 3.11. The minimum atomic E-state index is -0.706. The predicted octanol–water partition coefficient (Wildman–Crippen LogP) is 0.134. The van der Waals surface area contributed by atoms with Gasteiger partial charge in [0.05, 0.1) is 17.3 Å². The molecule has 21 heavy (non-hydrogen) atoms. The number of nitrogen functional groups attached to an aromatic ring is 1. The monoisotopic (exact) mass is 305 g/mol. The zero-order valence-corrected chi connectivity index (χ0v) is 11.1. The molecule has 1 aromatic carbocycles. The Morgan fingerprint density at radius 2 is 2.10 bits per heavy atom. The number of hydrogen-bond acceptors (Lipinski definition) is 10. The number of rotatable bonds is 3. The van der Waals surface area contributed by atoms with E-state index in [4.69, 9.17) is 16.3 Å². The molecule has 3 rings (SSSR count). The topological polar surface area (TPSA) is 155 Å². The summed E-state index contributed by atoms with van der Waals surface area (Å²) in [5.74, 6) is -0.983. The Bertz CT molecular complexity index is 840. The van der Waals surface area contributed by atoms with Crippen LogP contribution < -0.4 is 11.5 Å². The number of carbonyl (C=O) groups excluding carboxylic acids is 1. The minimum absolute atomic E-state index is 0.00181. The van der Waals surface area contributed by atoms with Gasteiger partial charge >= 0.3 is 5.97 Å². The Kier molecular flexibility index (Phi) is 3.16. The number of hydrogen-bond donors (Lipinski definition) is 2. The highest BCUT2D eigenvalue weighted by Crippen LogP contribution is 2.14. The number of aromatic nitrogens is 4. The molecule has 2 aromatic heterocycles. The van der Waals surface area contributed by atoms with Crippen LogP contribution in [-0.4, -0.2) is 30.9 Å². The highest BCUT2D eigenvalue weighted by Gasteiger charge is 2.14. The van der Waals surface area contributed by atoms with Crippen molar-refractivity contribution in [3.8, 4) is 0 Å². The Morgan fingerprint density at radius 3 is 2.86 bits per heavy atom. The molecule has 0 fully saturated rings. The highest BCUT2D eigenvalue weighted by atomic mass is 32.1. The van der Waals surface area contributed by atoms with Crippen LogP contribution in [0.15, 0.2) is 28.0 Å². The van der Waals surface area contributed by atoms with Crippen LogP contribution in [0.4, 0.5) is 5.82 Å². The maximum Gasteiger partial charge on any atom is 0.365 e. The van der Waals surface area contributed by atoms with Crippen LogP contribution in [-0.2, 0) is 4.84 Å². The van der Waals surface area contributed by atoms with Gasteiger partial charge in [-0.05, 0) is 28.5 Å². The molecule has 4 N–H and O–H groups in total. The van der Waals surface area contributed by atoms with E-state index in [0.29, 0.717) is 11.0 Å². The highest BCUT2D eigenvalue weighted by molar-refractivity contribution is 7.00. The SMILES string of the molecule is N/C(=N/OC(=O)c1ccc2nsnc2c1)c1nonc1N. The van der Waals surface area contributed by atoms with Crippen LogP contribution in [0, 0.1) is 0 Å². The largest absolute Gasteiger partial charge is 0.379 e. The van der Waals surface area contributed by atoms with E-state index >= 15 is 0 Å². The molecule has 0 spiro atoms. The summed E-state index contributed by atoms with van der Waals surface area (Å²) in [7, 11) is 0. The Balaban J connectivity index is 1.78. The number of nitrogens with two attached hydrogens (primary N) is 2. The van der Waals surface area contributed by atoms with Gasteiger partial charge in [0.25, 0.3) is 0 Å². The molecule has 0 bridgehead atoms. The third-order valence-corrected chi connectivity index (χ3v) is 3.03. The summed E-state index contributed by atoms with van der Waals surface area (Å²) in [4.78, 5) is 16.6. The normalized spacial score (nSPS) is 11.7. The van der Waals surface area contributed by atoms with E-state index in [1.807, 2.05) is 0 Å². The molecular weight excluding hydrogens is 298 g/mol. The van der Waals surface area contributed by atoms with E-state index < -0.39 is 5.97 Å². The summed E-state index contributed by atoms with van der Waals surface area (Å²) < 4.78 is 12.4. The van der Waals surface area contributed by atoms with Crippen LogP contribution >= 0.6 is 11.7 Å². The second-order valence-corrected chi connectivity index (χ2v) is 4.35. The summed E-state index contributed by atoms with van der Waals surface area (Å²) in [5, 5.41) is 10.2. The fourth-order valence-electron chi connectivity index (χ4n) is 1.47. The quantitative estimate of drug-likeness (QED) is 0.297. The van der Waals surface area contributed by atoms with Gasteiger partial charge in [-0.3, -0.25) is 0 Å². The Hall–Kier alpha value is -3.08. The van der Waals surface area contributed by atoms with E-state index in [0.717, 1.165) is 11.7 Å². The molecule has 106 valence electrons. The van der Waals surface area contributed by atoms with Crippen LogP contribution in [0.3, 0.4) is 0 Å². The summed E-state index contributed by atoms with van der Waals surface area (Å²) in [6.45, 7) is 0. The van der Waals surface area contributed by atoms with Gasteiger partial charge in [-0.15, -0.1) is 0 Å². The average molecular weight is 305 g/mol. The lowest BCUT2D eigenvalue weighted by molar-refractivity contribution is 0.0516. The molecule has 3 aromatic rings. The number of oxime groups is 1. The molecule has 0 aliphatic rings. The third kappa shape index (κ3) is 2.49. The molecule has 0 saturated carbocycles. The number of anilines is 1. The number of carbonyl (C=O) groups is 1. The molecule has 2 heterocycles. The Morgan fingerprint density at radius 1 is 1.29 bits per heavy atom. The maximum absolute atomic E-state index is 11.8. The van der Waals surface area contributed by atoms with E-state index in [-0.39, 0.29) is 22.9 Å². The maximum atomic E-state index is 11.8. The number of benzene rings is 1. The molecular formula is C10H7N7O3S. The number of nitrogens with zero attached hydrogens (tertiary/aromatic N) is 5. The van der Waals surface area contributed by atoms with Gasteiger partial charge in [0.1, 0.15) is 11.0 Å². The number of fused-ring (bicyclic) bond motifs is 1. The van der Waals surface area contributed by atoms with Crippen molar-refractivity contribution in [2.75, 3.05) is 5.73 Å². The molecule has 0 unspecified atom stereocenters. The zero-order valence-electron chi connectivity index (χ0n) is 10.3. The lowest BCUT2D eigenvalue weighted by atomic mass is 10.2. The van der Waals surface area contributed by atoms with Crippen molar-refractivity contribution < 1.29 is 14.3 Å². The van der Waals surface area contributed by atoms with Crippen LogP contribution in [0.2, 0.25) is 0 Å². The standard InChI is InChI=1S/C10H7N7O3S/c11-8(7-9(12)15-20-13-7)14-19-10(18)4-1-2-5-6(3-4)17-21-16-5/h1-3H,(H2,11,14)(H2,12,15). The number of amidine groups is 1. The minimum Gasteiger partial charge on any atom is -0.379 e.